The normalized spacial score (nSPS) is 9.93. The quantitative estimate of drug-likeness (QED) is 0.716. The summed E-state index contributed by atoms with van der Waals surface area (Å²) in [6, 6.07) is 18.2. The van der Waals surface area contributed by atoms with Crippen molar-refractivity contribution in [3.8, 4) is 6.07 Å². The van der Waals surface area contributed by atoms with Gasteiger partial charge in [0.1, 0.15) is 5.69 Å². The third-order valence-corrected chi connectivity index (χ3v) is 3.82. The third-order valence-electron chi connectivity index (χ3n) is 3.59. The third kappa shape index (κ3) is 4.69. The molecule has 3 aromatic rings. The summed E-state index contributed by atoms with van der Waals surface area (Å²) in [6.07, 6.45) is 1.38. The number of halogens is 1. The molecule has 2 aromatic carbocycles. The lowest BCUT2D eigenvalue weighted by molar-refractivity contribution is 0.102. The lowest BCUT2D eigenvalue weighted by atomic mass is 10.2. The lowest BCUT2D eigenvalue weighted by Gasteiger charge is -2.08. The number of nitrogens with zero attached hydrogens (tertiary/aromatic N) is 2. The number of hydrogen-bond acceptors (Lipinski definition) is 4. The van der Waals surface area contributed by atoms with E-state index in [0.717, 1.165) is 0 Å². The smallest absolute Gasteiger partial charge is 0.274 e. The van der Waals surface area contributed by atoms with Crippen molar-refractivity contribution >= 4 is 34.8 Å². The first kappa shape index (κ1) is 18.1. The first-order valence-electron chi connectivity index (χ1n) is 7.89. The molecule has 0 bridgehead atoms. The molecule has 7 heteroatoms. The van der Waals surface area contributed by atoms with Gasteiger partial charge >= 0.3 is 0 Å². The van der Waals surface area contributed by atoms with Crippen molar-refractivity contribution in [1.82, 2.24) is 4.98 Å². The minimum absolute atomic E-state index is 0.0911. The van der Waals surface area contributed by atoms with E-state index in [-0.39, 0.29) is 11.3 Å². The highest BCUT2D eigenvalue weighted by atomic mass is 35.5. The molecule has 3 rings (SSSR count). The highest BCUT2D eigenvalue weighted by Gasteiger charge is 2.13. The lowest BCUT2D eigenvalue weighted by Crippen LogP contribution is -2.17. The van der Waals surface area contributed by atoms with Gasteiger partial charge in [-0.2, -0.15) is 5.26 Å². The van der Waals surface area contributed by atoms with Crippen LogP contribution < -0.4 is 10.6 Å². The number of hydrogen-bond donors (Lipinski definition) is 2. The maximum absolute atomic E-state index is 12.4. The number of amides is 2. The van der Waals surface area contributed by atoms with E-state index in [1.807, 2.05) is 6.07 Å². The number of aromatic nitrogens is 1. The molecule has 1 aromatic heterocycles. The molecule has 0 aliphatic heterocycles. The molecule has 132 valence electrons. The van der Waals surface area contributed by atoms with Crippen LogP contribution in [0.3, 0.4) is 0 Å². The first-order chi connectivity index (χ1) is 13.0. The summed E-state index contributed by atoms with van der Waals surface area (Å²) in [5.74, 6) is -0.873. The highest BCUT2D eigenvalue weighted by molar-refractivity contribution is 6.31. The number of pyridine rings is 1. The summed E-state index contributed by atoms with van der Waals surface area (Å²) in [7, 11) is 0. The largest absolute Gasteiger partial charge is 0.322 e. The molecule has 0 saturated heterocycles. The number of benzene rings is 2. The molecule has 1 heterocycles. The van der Waals surface area contributed by atoms with Gasteiger partial charge in [-0.25, -0.2) is 0 Å². The van der Waals surface area contributed by atoms with Crippen molar-refractivity contribution < 1.29 is 9.59 Å². The number of carbonyl (C=O) groups excluding carboxylic acids is 2. The van der Waals surface area contributed by atoms with Crippen LogP contribution in [-0.2, 0) is 0 Å². The van der Waals surface area contributed by atoms with Crippen molar-refractivity contribution in [2.24, 2.45) is 0 Å². The molecular weight excluding hydrogens is 364 g/mol. The molecule has 0 fully saturated rings. The van der Waals surface area contributed by atoms with Crippen LogP contribution in [0.2, 0.25) is 5.02 Å². The van der Waals surface area contributed by atoms with E-state index in [0.29, 0.717) is 22.0 Å². The monoisotopic (exact) mass is 376 g/mol. The van der Waals surface area contributed by atoms with E-state index in [1.54, 1.807) is 48.5 Å². The number of nitrogens with one attached hydrogen (secondary N) is 2. The SMILES string of the molecule is N#Cc1cccc(NC(=O)c2ccnc(C(=O)Nc3cccc(Cl)c3)c2)c1. The zero-order valence-corrected chi connectivity index (χ0v) is 14.7. The fourth-order valence-electron chi connectivity index (χ4n) is 2.33. The fourth-order valence-corrected chi connectivity index (χ4v) is 2.52. The van der Waals surface area contributed by atoms with Crippen LogP contribution in [0, 0.1) is 11.3 Å². The molecule has 0 unspecified atom stereocenters. The van der Waals surface area contributed by atoms with Crippen molar-refractivity contribution in [3.63, 3.8) is 0 Å². The maximum atomic E-state index is 12.4. The summed E-state index contributed by atoms with van der Waals surface area (Å²) in [6.45, 7) is 0. The second-order valence-electron chi connectivity index (χ2n) is 5.54. The fraction of sp³-hybridized carbons (Fsp3) is 0. The second kappa shape index (κ2) is 8.13. The Morgan fingerprint density at radius 2 is 1.63 bits per heavy atom. The summed E-state index contributed by atoms with van der Waals surface area (Å²) in [5.41, 5.74) is 1.80. The number of rotatable bonds is 4. The Bertz CT molecular complexity index is 1060. The van der Waals surface area contributed by atoms with Crippen molar-refractivity contribution in [2.75, 3.05) is 10.6 Å². The van der Waals surface area contributed by atoms with Crippen molar-refractivity contribution in [3.05, 3.63) is 88.7 Å². The van der Waals surface area contributed by atoms with Gasteiger partial charge in [-0.1, -0.05) is 23.7 Å². The Morgan fingerprint density at radius 3 is 2.37 bits per heavy atom. The van der Waals surface area contributed by atoms with Gasteiger partial charge in [0.05, 0.1) is 11.6 Å². The minimum atomic E-state index is -0.460. The molecule has 0 aliphatic rings. The maximum Gasteiger partial charge on any atom is 0.274 e. The number of anilines is 2. The van der Waals surface area contributed by atoms with Crippen LogP contribution in [0.4, 0.5) is 11.4 Å². The Labute approximate surface area is 160 Å². The molecule has 0 aliphatic carbocycles. The molecular formula is C20H13ClN4O2. The van der Waals surface area contributed by atoms with Gasteiger partial charge < -0.3 is 10.6 Å². The van der Waals surface area contributed by atoms with E-state index >= 15 is 0 Å². The van der Waals surface area contributed by atoms with Crippen LogP contribution in [0.1, 0.15) is 26.4 Å². The van der Waals surface area contributed by atoms with Crippen LogP contribution in [-0.4, -0.2) is 16.8 Å². The van der Waals surface area contributed by atoms with E-state index < -0.39 is 11.8 Å². The van der Waals surface area contributed by atoms with Gasteiger partial charge in [0.2, 0.25) is 0 Å². The standard InChI is InChI=1S/C20H13ClN4O2/c21-15-4-2-6-17(11-15)25-20(27)18-10-14(7-8-23-18)19(26)24-16-5-1-3-13(9-16)12-22/h1-11H,(H,24,26)(H,25,27). The van der Waals surface area contributed by atoms with Gasteiger partial charge in [-0.15, -0.1) is 0 Å². The van der Waals surface area contributed by atoms with Gasteiger partial charge in [-0.3, -0.25) is 14.6 Å². The zero-order chi connectivity index (χ0) is 19.2. The van der Waals surface area contributed by atoms with Gasteiger partial charge in [-0.05, 0) is 48.5 Å². The second-order valence-corrected chi connectivity index (χ2v) is 5.98. The van der Waals surface area contributed by atoms with Crippen molar-refractivity contribution in [1.29, 1.82) is 5.26 Å². The molecule has 0 atom stereocenters. The first-order valence-corrected chi connectivity index (χ1v) is 8.27. The summed E-state index contributed by atoms with van der Waals surface area (Å²) in [5, 5.41) is 14.8. The molecule has 2 N–H and O–H groups in total. The Hall–Kier alpha value is -3.69. The molecule has 2 amide bonds. The van der Waals surface area contributed by atoms with E-state index in [4.69, 9.17) is 16.9 Å². The Kier molecular flexibility index (Phi) is 5.45. The summed E-state index contributed by atoms with van der Waals surface area (Å²) in [4.78, 5) is 28.8. The van der Waals surface area contributed by atoms with E-state index in [1.165, 1.54) is 18.3 Å². The summed E-state index contributed by atoms with van der Waals surface area (Å²) < 4.78 is 0. The molecule has 27 heavy (non-hydrogen) atoms. The Morgan fingerprint density at radius 1 is 0.926 bits per heavy atom. The van der Waals surface area contributed by atoms with E-state index in [2.05, 4.69) is 15.6 Å². The average Bonchev–Trinajstić information content (AvgIpc) is 2.68. The number of carbonyl (C=O) groups is 2. The Balaban J connectivity index is 1.75. The van der Waals surface area contributed by atoms with E-state index in [9.17, 15) is 9.59 Å². The molecule has 6 nitrogen and oxygen atoms in total. The van der Waals surface area contributed by atoms with Gasteiger partial charge in [0.15, 0.2) is 0 Å². The zero-order valence-electron chi connectivity index (χ0n) is 13.9. The van der Waals surface area contributed by atoms with Crippen LogP contribution >= 0.6 is 11.6 Å². The summed E-state index contributed by atoms with van der Waals surface area (Å²) >= 11 is 5.90. The highest BCUT2D eigenvalue weighted by Crippen LogP contribution is 2.16. The van der Waals surface area contributed by atoms with Gasteiger partial charge in [0, 0.05) is 28.2 Å². The minimum Gasteiger partial charge on any atom is -0.322 e. The predicted molar refractivity (Wildman–Crippen MR) is 103 cm³/mol. The van der Waals surface area contributed by atoms with Crippen LogP contribution in [0.25, 0.3) is 0 Å². The topological polar surface area (TPSA) is 94.9 Å². The van der Waals surface area contributed by atoms with Crippen molar-refractivity contribution in [2.45, 2.75) is 0 Å². The average molecular weight is 377 g/mol. The molecule has 0 radical (unpaired) electrons. The predicted octanol–water partition coefficient (Wildman–Crippen LogP) is 4.11. The molecule has 0 spiro atoms. The van der Waals surface area contributed by atoms with Crippen LogP contribution in [0.15, 0.2) is 66.9 Å². The van der Waals surface area contributed by atoms with Crippen LogP contribution in [0.5, 0.6) is 0 Å². The van der Waals surface area contributed by atoms with Gasteiger partial charge in [0.25, 0.3) is 11.8 Å². The number of nitriles is 1. The molecule has 0 saturated carbocycles.